The summed E-state index contributed by atoms with van der Waals surface area (Å²) in [6, 6.07) is 40.4. The second-order valence-corrected chi connectivity index (χ2v) is 11.2. The van der Waals surface area contributed by atoms with Crippen LogP contribution in [0.15, 0.2) is 149 Å². The Hall–Kier alpha value is -6.34. The molecule has 0 spiro atoms. The van der Waals surface area contributed by atoms with Gasteiger partial charge < -0.3 is 18.1 Å². The average molecular weight is 599 g/mol. The van der Waals surface area contributed by atoms with Crippen molar-refractivity contribution in [3.05, 3.63) is 140 Å². The SMILES string of the molecule is Cn1ccnc1-c1cc(Oc2cc(N(c3ccccc3)c3ccccn3)cc3c2oc2ccccc23)c2oc3ccccc3c2c1. The van der Waals surface area contributed by atoms with Gasteiger partial charge in [0, 0.05) is 64.5 Å². The maximum atomic E-state index is 6.93. The Labute approximate surface area is 263 Å². The highest BCUT2D eigenvalue weighted by atomic mass is 16.5. The lowest BCUT2D eigenvalue weighted by molar-refractivity contribution is 0.471. The molecular weight excluding hydrogens is 572 g/mol. The molecule has 46 heavy (non-hydrogen) atoms. The van der Waals surface area contributed by atoms with Crippen LogP contribution in [0.4, 0.5) is 17.2 Å². The van der Waals surface area contributed by atoms with Gasteiger partial charge in [0.05, 0.1) is 5.69 Å². The van der Waals surface area contributed by atoms with Crippen LogP contribution in [0, 0.1) is 0 Å². The normalized spacial score (nSPS) is 11.6. The molecule has 7 nitrogen and oxygen atoms in total. The molecule has 7 heteroatoms. The number of furan rings is 2. The van der Waals surface area contributed by atoms with E-state index in [0.717, 1.165) is 61.3 Å². The van der Waals surface area contributed by atoms with Crippen LogP contribution in [0.3, 0.4) is 0 Å². The number of para-hydroxylation sites is 3. The summed E-state index contributed by atoms with van der Waals surface area (Å²) in [5.74, 6) is 2.72. The Morgan fingerprint density at radius 3 is 1.91 bits per heavy atom. The molecule has 0 bridgehead atoms. The number of nitrogens with zero attached hydrogens (tertiary/aromatic N) is 4. The zero-order valence-electron chi connectivity index (χ0n) is 24.8. The molecule has 0 saturated carbocycles. The van der Waals surface area contributed by atoms with Crippen molar-refractivity contribution in [2.75, 3.05) is 4.90 Å². The maximum Gasteiger partial charge on any atom is 0.178 e. The number of benzene rings is 5. The molecule has 9 rings (SSSR count). The number of ether oxygens (including phenoxy) is 1. The highest BCUT2D eigenvalue weighted by molar-refractivity contribution is 6.10. The van der Waals surface area contributed by atoms with E-state index in [2.05, 4.69) is 46.3 Å². The topological polar surface area (TPSA) is 69.5 Å². The predicted molar refractivity (Wildman–Crippen MR) is 182 cm³/mol. The van der Waals surface area contributed by atoms with E-state index in [9.17, 15) is 0 Å². The molecule has 0 fully saturated rings. The van der Waals surface area contributed by atoms with E-state index < -0.39 is 0 Å². The van der Waals surface area contributed by atoms with E-state index in [4.69, 9.17) is 18.6 Å². The zero-order chi connectivity index (χ0) is 30.6. The first-order chi connectivity index (χ1) is 22.7. The Kier molecular flexibility index (Phi) is 5.89. The molecule has 0 unspecified atom stereocenters. The molecule has 0 atom stereocenters. The molecule has 0 saturated heterocycles. The third-order valence-electron chi connectivity index (χ3n) is 8.32. The van der Waals surface area contributed by atoms with E-state index in [1.165, 1.54) is 0 Å². The fraction of sp³-hybridized carbons (Fsp3) is 0.0256. The fourth-order valence-electron chi connectivity index (χ4n) is 6.23. The summed E-state index contributed by atoms with van der Waals surface area (Å²) in [6.07, 6.45) is 5.53. The van der Waals surface area contributed by atoms with Gasteiger partial charge in [-0.3, -0.25) is 4.90 Å². The van der Waals surface area contributed by atoms with Gasteiger partial charge in [-0.25, -0.2) is 9.97 Å². The number of fused-ring (bicyclic) bond motifs is 6. The van der Waals surface area contributed by atoms with Crippen LogP contribution in [0.25, 0.3) is 55.3 Å². The van der Waals surface area contributed by atoms with Gasteiger partial charge in [-0.05, 0) is 54.6 Å². The molecule has 0 N–H and O–H groups in total. The standard InChI is InChI=1S/C39H26N4O3/c1-42-20-19-41-39(42)25-21-30-28-13-5-7-15-32(28)45-37(30)34(22-25)44-35-24-27(23-31-29-14-6-8-16-33(29)46-38(31)35)43(26-11-3-2-4-12-26)36-17-9-10-18-40-36/h2-24H,1H3. The van der Waals surface area contributed by atoms with Crippen molar-refractivity contribution >= 4 is 61.1 Å². The summed E-state index contributed by atoms with van der Waals surface area (Å²) in [5, 5.41) is 3.88. The molecule has 0 aliphatic rings. The van der Waals surface area contributed by atoms with Crippen molar-refractivity contribution in [3.8, 4) is 22.9 Å². The van der Waals surface area contributed by atoms with Gasteiger partial charge in [0.15, 0.2) is 22.7 Å². The number of aromatic nitrogens is 3. The lowest BCUT2D eigenvalue weighted by Gasteiger charge is -2.24. The summed E-state index contributed by atoms with van der Waals surface area (Å²) in [7, 11) is 1.98. The number of hydrogen-bond donors (Lipinski definition) is 0. The quantitative estimate of drug-likeness (QED) is 0.190. The van der Waals surface area contributed by atoms with Gasteiger partial charge in [0.1, 0.15) is 22.8 Å². The monoisotopic (exact) mass is 598 g/mol. The number of imidazole rings is 1. The van der Waals surface area contributed by atoms with Crippen LogP contribution in [-0.4, -0.2) is 14.5 Å². The lowest BCUT2D eigenvalue weighted by Crippen LogP contribution is -2.11. The van der Waals surface area contributed by atoms with E-state index in [1.54, 1.807) is 12.4 Å². The first-order valence-corrected chi connectivity index (χ1v) is 15.0. The zero-order valence-corrected chi connectivity index (χ0v) is 24.8. The minimum atomic E-state index is 0.555. The van der Waals surface area contributed by atoms with Crippen molar-refractivity contribution in [2.24, 2.45) is 7.05 Å². The minimum Gasteiger partial charge on any atom is -0.452 e. The number of pyridine rings is 1. The van der Waals surface area contributed by atoms with Gasteiger partial charge in [0.2, 0.25) is 0 Å². The molecule has 220 valence electrons. The maximum absolute atomic E-state index is 6.93. The van der Waals surface area contributed by atoms with Crippen molar-refractivity contribution in [1.82, 2.24) is 14.5 Å². The summed E-state index contributed by atoms with van der Waals surface area (Å²) < 4.78 is 21.9. The first kappa shape index (κ1) is 26.1. The van der Waals surface area contributed by atoms with Crippen LogP contribution in [0.2, 0.25) is 0 Å². The third kappa shape index (κ3) is 4.21. The van der Waals surface area contributed by atoms with Crippen LogP contribution < -0.4 is 9.64 Å². The van der Waals surface area contributed by atoms with Crippen LogP contribution in [0.1, 0.15) is 0 Å². The predicted octanol–water partition coefficient (Wildman–Crippen LogP) is 10.5. The Bertz CT molecular complexity index is 2490. The van der Waals surface area contributed by atoms with Crippen molar-refractivity contribution < 1.29 is 13.6 Å². The van der Waals surface area contributed by atoms with Gasteiger partial charge in [-0.2, -0.15) is 0 Å². The summed E-state index contributed by atoms with van der Waals surface area (Å²) >= 11 is 0. The van der Waals surface area contributed by atoms with E-state index >= 15 is 0 Å². The van der Waals surface area contributed by atoms with Crippen LogP contribution in [0.5, 0.6) is 11.5 Å². The number of aryl methyl sites for hydroxylation is 1. The fourth-order valence-corrected chi connectivity index (χ4v) is 6.23. The third-order valence-corrected chi connectivity index (χ3v) is 8.32. The Morgan fingerprint density at radius 2 is 1.24 bits per heavy atom. The second-order valence-electron chi connectivity index (χ2n) is 11.2. The van der Waals surface area contributed by atoms with E-state index in [1.807, 2.05) is 103 Å². The molecule has 9 aromatic rings. The van der Waals surface area contributed by atoms with Crippen molar-refractivity contribution in [2.45, 2.75) is 0 Å². The Morgan fingerprint density at radius 1 is 0.587 bits per heavy atom. The second kappa shape index (κ2) is 10.4. The molecule has 0 radical (unpaired) electrons. The molecule has 5 aromatic carbocycles. The Balaban J connectivity index is 1.31. The highest BCUT2D eigenvalue weighted by Crippen LogP contribution is 2.46. The summed E-state index contributed by atoms with van der Waals surface area (Å²) in [4.78, 5) is 11.5. The minimum absolute atomic E-state index is 0.555. The highest BCUT2D eigenvalue weighted by Gasteiger charge is 2.23. The molecule has 0 aliphatic heterocycles. The smallest absolute Gasteiger partial charge is 0.178 e. The van der Waals surface area contributed by atoms with E-state index in [-0.39, 0.29) is 0 Å². The average Bonchev–Trinajstić information content (AvgIpc) is 3.81. The van der Waals surface area contributed by atoms with Gasteiger partial charge >= 0.3 is 0 Å². The van der Waals surface area contributed by atoms with E-state index in [0.29, 0.717) is 22.7 Å². The molecular formula is C39H26N4O3. The number of rotatable bonds is 6. The van der Waals surface area contributed by atoms with Gasteiger partial charge in [-0.1, -0.05) is 60.7 Å². The van der Waals surface area contributed by atoms with Crippen molar-refractivity contribution in [3.63, 3.8) is 0 Å². The van der Waals surface area contributed by atoms with Gasteiger partial charge in [-0.15, -0.1) is 0 Å². The van der Waals surface area contributed by atoms with Crippen LogP contribution in [-0.2, 0) is 7.05 Å². The molecule has 0 aliphatic carbocycles. The summed E-state index contributed by atoms with van der Waals surface area (Å²) in [6.45, 7) is 0. The summed E-state index contributed by atoms with van der Waals surface area (Å²) in [5.41, 5.74) is 5.62. The molecule has 4 aromatic heterocycles. The first-order valence-electron chi connectivity index (χ1n) is 15.0. The molecule has 0 amide bonds. The molecule has 4 heterocycles. The van der Waals surface area contributed by atoms with Crippen molar-refractivity contribution in [1.29, 1.82) is 0 Å². The number of anilines is 3. The number of hydrogen-bond acceptors (Lipinski definition) is 6. The van der Waals surface area contributed by atoms with Crippen LogP contribution >= 0.6 is 0 Å². The largest absolute Gasteiger partial charge is 0.452 e. The lowest BCUT2D eigenvalue weighted by atomic mass is 10.1. The van der Waals surface area contributed by atoms with Gasteiger partial charge in [0.25, 0.3) is 0 Å².